The fraction of sp³-hybridized carbons (Fsp3) is 0.375. The molecule has 2 atom stereocenters. The summed E-state index contributed by atoms with van der Waals surface area (Å²) in [5.74, 6) is 0.899. The van der Waals surface area contributed by atoms with Crippen molar-refractivity contribution in [3.8, 4) is 5.75 Å². The summed E-state index contributed by atoms with van der Waals surface area (Å²) in [5, 5.41) is 0. The minimum absolute atomic E-state index is 0.0777. The molecule has 0 amide bonds. The smallest absolute Gasteiger partial charge is 0.319 e. The second-order valence-corrected chi connectivity index (χ2v) is 6.70. The predicted octanol–water partition coefficient (Wildman–Crippen LogP) is 6.52. The van der Waals surface area contributed by atoms with Crippen LogP contribution in [0.1, 0.15) is 56.9 Å². The van der Waals surface area contributed by atoms with E-state index in [2.05, 4.69) is 25.7 Å². The van der Waals surface area contributed by atoms with Gasteiger partial charge in [-0.3, -0.25) is 4.79 Å². The van der Waals surface area contributed by atoms with E-state index in [0.717, 1.165) is 30.6 Å². The Balaban J connectivity index is 1.98. The maximum absolute atomic E-state index is 12.5. The summed E-state index contributed by atoms with van der Waals surface area (Å²) >= 11 is 0. The first kappa shape index (κ1) is 20.0. The summed E-state index contributed by atoms with van der Waals surface area (Å²) in [5.41, 5.74) is 1.07. The van der Waals surface area contributed by atoms with E-state index < -0.39 is 0 Å². The number of fused-ring (bicyclic) bond motifs is 1. The van der Waals surface area contributed by atoms with Crippen molar-refractivity contribution in [2.45, 2.75) is 51.4 Å². The van der Waals surface area contributed by atoms with Crippen LogP contribution in [0.15, 0.2) is 73.4 Å². The first-order chi connectivity index (χ1) is 12.8. The highest BCUT2D eigenvalue weighted by atomic mass is 16.5. The number of unbranched alkanes of at least 4 members (excludes halogenated alkanes) is 2. The van der Waals surface area contributed by atoms with Gasteiger partial charge >= 0.3 is 5.97 Å². The number of carbonyl (C=O) groups excluding carboxylic acids is 1. The Morgan fingerprint density at radius 3 is 2.65 bits per heavy atom. The van der Waals surface area contributed by atoms with E-state index in [1.54, 1.807) is 6.08 Å². The molecule has 0 radical (unpaired) electrons. The third-order valence-electron chi connectivity index (χ3n) is 4.79. The van der Waals surface area contributed by atoms with E-state index in [0.29, 0.717) is 5.92 Å². The zero-order valence-electron chi connectivity index (χ0n) is 15.8. The van der Waals surface area contributed by atoms with Gasteiger partial charge in [-0.15, -0.1) is 0 Å². The number of para-hydroxylation sites is 1. The van der Waals surface area contributed by atoms with Crippen molar-refractivity contribution in [1.29, 1.82) is 0 Å². The fourth-order valence-electron chi connectivity index (χ4n) is 3.47. The number of benzene rings is 1. The number of hydrogen-bond acceptors (Lipinski definition) is 2. The maximum Gasteiger partial charge on any atom is 0.319 e. The number of ether oxygens (including phenoxy) is 1. The lowest BCUT2D eigenvalue weighted by atomic mass is 9.81. The van der Waals surface area contributed by atoms with Crippen molar-refractivity contribution in [1.82, 2.24) is 0 Å². The lowest BCUT2D eigenvalue weighted by Gasteiger charge is -2.21. The molecule has 0 bridgehead atoms. The van der Waals surface area contributed by atoms with Crippen molar-refractivity contribution in [2.75, 3.05) is 0 Å². The van der Waals surface area contributed by atoms with Gasteiger partial charge < -0.3 is 4.74 Å². The molecule has 2 unspecified atom stereocenters. The number of carbonyl (C=O) groups is 1. The molecule has 0 saturated carbocycles. The van der Waals surface area contributed by atoms with Gasteiger partial charge in [0.25, 0.3) is 0 Å². The van der Waals surface area contributed by atoms with Gasteiger partial charge in [0, 0.05) is 5.56 Å². The highest BCUT2D eigenvalue weighted by Gasteiger charge is 2.38. The molecule has 0 aliphatic carbocycles. The molecule has 0 N–H and O–H groups in total. The molecule has 1 aromatic rings. The van der Waals surface area contributed by atoms with Crippen LogP contribution in [0.4, 0.5) is 0 Å². The van der Waals surface area contributed by atoms with Gasteiger partial charge in [-0.25, -0.2) is 0 Å². The minimum atomic E-state index is -0.109. The van der Waals surface area contributed by atoms with E-state index in [1.807, 2.05) is 48.6 Å². The standard InChI is InChI=1S/C24H30O2/c1-3-5-7-8-9-10-11-13-17-20(16-12-6-4-2)23-21-18-14-15-19-22(21)26-24(23)25/h3,5,7-11,14-15,18-20,23H,1,4,6,12-13,16-17H2,2H3. The molecular weight excluding hydrogens is 320 g/mol. The Morgan fingerprint density at radius 1 is 1.08 bits per heavy atom. The molecule has 2 rings (SSSR count). The Kier molecular flexibility index (Phi) is 8.68. The molecule has 1 heterocycles. The molecule has 1 aliphatic rings. The average molecular weight is 351 g/mol. The third-order valence-corrected chi connectivity index (χ3v) is 4.79. The minimum Gasteiger partial charge on any atom is -0.426 e. The molecule has 0 aromatic heterocycles. The second-order valence-electron chi connectivity index (χ2n) is 6.70. The average Bonchev–Trinajstić information content (AvgIpc) is 2.98. The zero-order chi connectivity index (χ0) is 18.6. The number of esters is 1. The summed E-state index contributed by atoms with van der Waals surface area (Å²) in [7, 11) is 0. The highest BCUT2D eigenvalue weighted by molar-refractivity contribution is 5.86. The normalized spacial score (nSPS) is 17.9. The summed E-state index contributed by atoms with van der Waals surface area (Å²) in [6.45, 7) is 5.85. The first-order valence-corrected chi connectivity index (χ1v) is 9.69. The predicted molar refractivity (Wildman–Crippen MR) is 109 cm³/mol. The number of hydrogen-bond donors (Lipinski definition) is 0. The molecule has 0 saturated heterocycles. The monoisotopic (exact) mass is 350 g/mol. The van der Waals surface area contributed by atoms with Crippen LogP contribution in [-0.2, 0) is 4.79 Å². The van der Waals surface area contributed by atoms with Gasteiger partial charge in [-0.05, 0) is 31.2 Å². The molecule has 0 spiro atoms. The van der Waals surface area contributed by atoms with Crippen LogP contribution in [0.5, 0.6) is 5.75 Å². The summed E-state index contributed by atoms with van der Waals surface area (Å²) < 4.78 is 5.51. The quantitative estimate of drug-likeness (QED) is 0.196. The van der Waals surface area contributed by atoms with Crippen LogP contribution in [0.25, 0.3) is 0 Å². The summed E-state index contributed by atoms with van der Waals surface area (Å²) in [6, 6.07) is 7.87. The molecule has 138 valence electrons. The van der Waals surface area contributed by atoms with Gasteiger partial charge in [0.05, 0.1) is 5.92 Å². The fourth-order valence-corrected chi connectivity index (χ4v) is 3.47. The zero-order valence-corrected chi connectivity index (χ0v) is 15.8. The van der Waals surface area contributed by atoms with Gasteiger partial charge in [0.2, 0.25) is 0 Å². The van der Waals surface area contributed by atoms with Crippen molar-refractivity contribution < 1.29 is 9.53 Å². The van der Waals surface area contributed by atoms with Crippen LogP contribution in [0.2, 0.25) is 0 Å². The van der Waals surface area contributed by atoms with E-state index in [1.165, 1.54) is 19.3 Å². The van der Waals surface area contributed by atoms with E-state index in [-0.39, 0.29) is 11.9 Å². The molecule has 2 nitrogen and oxygen atoms in total. The van der Waals surface area contributed by atoms with Crippen LogP contribution in [0, 0.1) is 5.92 Å². The summed E-state index contributed by atoms with van der Waals surface area (Å²) in [6.07, 6.45) is 20.5. The number of rotatable bonds is 11. The topological polar surface area (TPSA) is 26.3 Å². The molecule has 1 aliphatic heterocycles. The van der Waals surface area contributed by atoms with E-state index in [4.69, 9.17) is 4.74 Å². The largest absolute Gasteiger partial charge is 0.426 e. The van der Waals surface area contributed by atoms with Gasteiger partial charge in [-0.1, -0.05) is 93.5 Å². The maximum atomic E-state index is 12.5. The molecule has 0 fully saturated rings. The Bertz CT molecular complexity index is 667. The van der Waals surface area contributed by atoms with Crippen LogP contribution in [0.3, 0.4) is 0 Å². The van der Waals surface area contributed by atoms with Crippen LogP contribution < -0.4 is 4.74 Å². The van der Waals surface area contributed by atoms with Gasteiger partial charge in [0.15, 0.2) is 0 Å². The molecule has 1 aromatic carbocycles. The van der Waals surface area contributed by atoms with Crippen LogP contribution >= 0.6 is 0 Å². The van der Waals surface area contributed by atoms with Crippen molar-refractivity contribution in [3.63, 3.8) is 0 Å². The molecule has 2 heteroatoms. The Morgan fingerprint density at radius 2 is 1.85 bits per heavy atom. The Hall–Kier alpha value is -2.35. The molecule has 26 heavy (non-hydrogen) atoms. The third kappa shape index (κ3) is 5.87. The lowest BCUT2D eigenvalue weighted by Crippen LogP contribution is -2.20. The lowest BCUT2D eigenvalue weighted by molar-refractivity contribution is -0.135. The van der Waals surface area contributed by atoms with E-state index >= 15 is 0 Å². The van der Waals surface area contributed by atoms with Crippen molar-refractivity contribution >= 4 is 5.97 Å². The first-order valence-electron chi connectivity index (χ1n) is 9.69. The van der Waals surface area contributed by atoms with Crippen LogP contribution in [-0.4, -0.2) is 5.97 Å². The Labute approximate surface area is 158 Å². The summed E-state index contributed by atoms with van der Waals surface area (Å²) in [4.78, 5) is 12.5. The highest BCUT2D eigenvalue weighted by Crippen LogP contribution is 2.42. The van der Waals surface area contributed by atoms with Gasteiger partial charge in [-0.2, -0.15) is 0 Å². The second kappa shape index (κ2) is 11.3. The van der Waals surface area contributed by atoms with Crippen molar-refractivity contribution in [2.24, 2.45) is 5.92 Å². The SMILES string of the molecule is C=CC=CC=CC=CCCC(CCCCC)C1C(=O)Oc2ccccc21. The van der Waals surface area contributed by atoms with E-state index in [9.17, 15) is 4.79 Å². The number of allylic oxidation sites excluding steroid dienone is 7. The van der Waals surface area contributed by atoms with Gasteiger partial charge in [0.1, 0.15) is 5.75 Å². The van der Waals surface area contributed by atoms with Crippen molar-refractivity contribution in [3.05, 3.63) is 78.9 Å². The molecular formula is C24H30O2.